The molecule has 0 bridgehead atoms. The normalized spacial score (nSPS) is 18.0. The molecule has 0 amide bonds. The number of halogens is 2. The Hall–Kier alpha value is -2.51. The summed E-state index contributed by atoms with van der Waals surface area (Å²) in [5, 5.41) is 23.6. The average Bonchev–Trinajstić information content (AvgIpc) is 2.67. The van der Waals surface area contributed by atoms with Crippen LogP contribution in [0.25, 0.3) is 22.0 Å². The van der Waals surface area contributed by atoms with Gasteiger partial charge >= 0.3 is 0 Å². The Morgan fingerprint density at radius 2 is 2.11 bits per heavy atom. The number of phenolic OH excluding ortho intramolecular Hbond substituents is 1. The molecule has 0 radical (unpaired) electrons. The fourth-order valence-corrected chi connectivity index (χ4v) is 3.69. The molecular weight excluding hydrogens is 369 g/mol. The minimum absolute atomic E-state index is 0.0582. The van der Waals surface area contributed by atoms with Crippen LogP contribution in [0, 0.1) is 5.82 Å². The fraction of sp³-hybridized carbons (Fsp3) is 0.316. The standard InChI is InChI=1S/C19H19ClFN5O/c1-26-8-2-3-11(10-26)23-19-13-9-22-7-6-12(13)17(24-25-19)16-15(21)5-4-14(20)18(16)27/h4-7,9,11,27H,2-3,8,10H2,1H3,(H,23,25)/t11-/m1/s1. The van der Waals surface area contributed by atoms with Crippen molar-refractivity contribution in [3.8, 4) is 17.0 Å². The maximum atomic E-state index is 14.4. The molecule has 2 N–H and O–H groups in total. The van der Waals surface area contributed by atoms with Gasteiger partial charge < -0.3 is 15.3 Å². The van der Waals surface area contributed by atoms with E-state index in [4.69, 9.17) is 11.6 Å². The number of hydrogen-bond donors (Lipinski definition) is 2. The summed E-state index contributed by atoms with van der Waals surface area (Å²) in [5.41, 5.74) is 0.173. The fourth-order valence-electron chi connectivity index (χ4n) is 3.53. The number of hydrogen-bond acceptors (Lipinski definition) is 6. The second-order valence-corrected chi connectivity index (χ2v) is 7.22. The highest BCUT2D eigenvalue weighted by Gasteiger charge is 2.22. The summed E-state index contributed by atoms with van der Waals surface area (Å²) in [4.78, 5) is 6.44. The molecule has 27 heavy (non-hydrogen) atoms. The average molecular weight is 388 g/mol. The molecule has 3 heterocycles. The van der Waals surface area contributed by atoms with Crippen LogP contribution in [0.3, 0.4) is 0 Å². The van der Waals surface area contributed by atoms with Crippen LogP contribution >= 0.6 is 11.6 Å². The monoisotopic (exact) mass is 387 g/mol. The van der Waals surface area contributed by atoms with Crippen LogP contribution in [0.4, 0.5) is 10.2 Å². The Kier molecular flexibility index (Phi) is 4.80. The van der Waals surface area contributed by atoms with Gasteiger partial charge in [-0.25, -0.2) is 4.39 Å². The quantitative estimate of drug-likeness (QED) is 0.713. The highest BCUT2D eigenvalue weighted by molar-refractivity contribution is 6.32. The van der Waals surface area contributed by atoms with Crippen molar-refractivity contribution in [3.63, 3.8) is 0 Å². The van der Waals surface area contributed by atoms with Gasteiger partial charge in [0.15, 0.2) is 5.82 Å². The first-order chi connectivity index (χ1) is 13.0. The van der Waals surface area contributed by atoms with E-state index in [1.807, 2.05) is 0 Å². The lowest BCUT2D eigenvalue weighted by Crippen LogP contribution is -2.40. The summed E-state index contributed by atoms with van der Waals surface area (Å²) in [7, 11) is 2.09. The molecule has 8 heteroatoms. The number of piperidine rings is 1. The summed E-state index contributed by atoms with van der Waals surface area (Å²) in [6.07, 6.45) is 5.42. The molecule has 3 aromatic rings. The number of phenols is 1. The third-order valence-corrected chi connectivity index (χ3v) is 5.17. The number of likely N-dealkylation sites (tertiary alicyclic amines) is 1. The van der Waals surface area contributed by atoms with Crippen molar-refractivity contribution in [2.24, 2.45) is 0 Å². The van der Waals surface area contributed by atoms with Gasteiger partial charge in [-0.1, -0.05) is 11.6 Å². The van der Waals surface area contributed by atoms with Gasteiger partial charge in [-0.3, -0.25) is 4.98 Å². The lowest BCUT2D eigenvalue weighted by Gasteiger charge is -2.30. The first-order valence-electron chi connectivity index (χ1n) is 8.77. The van der Waals surface area contributed by atoms with Gasteiger partial charge in [0.2, 0.25) is 0 Å². The zero-order valence-electron chi connectivity index (χ0n) is 14.8. The Bertz CT molecular complexity index is 999. The molecule has 1 aromatic carbocycles. The number of benzene rings is 1. The van der Waals surface area contributed by atoms with E-state index >= 15 is 0 Å². The van der Waals surface area contributed by atoms with Crippen LogP contribution in [0.5, 0.6) is 5.75 Å². The van der Waals surface area contributed by atoms with Crippen LogP contribution in [0.2, 0.25) is 5.02 Å². The minimum Gasteiger partial charge on any atom is -0.506 e. The van der Waals surface area contributed by atoms with E-state index in [0.29, 0.717) is 11.2 Å². The van der Waals surface area contributed by atoms with Crippen molar-refractivity contribution in [3.05, 3.63) is 41.4 Å². The number of nitrogens with one attached hydrogen (secondary N) is 1. The van der Waals surface area contributed by atoms with Crippen molar-refractivity contribution in [1.82, 2.24) is 20.1 Å². The molecule has 1 aliphatic heterocycles. The summed E-state index contributed by atoms with van der Waals surface area (Å²) in [6.45, 7) is 1.99. The molecule has 6 nitrogen and oxygen atoms in total. The highest BCUT2D eigenvalue weighted by Crippen LogP contribution is 2.39. The number of aromatic nitrogens is 3. The van der Waals surface area contributed by atoms with Gasteiger partial charge in [-0.05, 0) is 44.6 Å². The predicted octanol–water partition coefficient (Wildman–Crippen LogP) is 3.70. The number of fused-ring (bicyclic) bond motifs is 1. The van der Waals surface area contributed by atoms with Crippen LogP contribution in [-0.2, 0) is 0 Å². The minimum atomic E-state index is -0.612. The molecule has 2 aromatic heterocycles. The summed E-state index contributed by atoms with van der Waals surface area (Å²) in [6, 6.07) is 4.50. The number of likely N-dealkylation sites (N-methyl/N-ethyl adjacent to an activating group) is 1. The summed E-state index contributed by atoms with van der Waals surface area (Å²) >= 11 is 5.97. The molecule has 1 aliphatic rings. The molecule has 1 saturated heterocycles. The lowest BCUT2D eigenvalue weighted by atomic mass is 10.0. The zero-order chi connectivity index (χ0) is 19.0. The van der Waals surface area contributed by atoms with Crippen LogP contribution in [-0.4, -0.2) is 51.4 Å². The van der Waals surface area contributed by atoms with Gasteiger partial charge in [0.25, 0.3) is 0 Å². The van der Waals surface area contributed by atoms with Crippen molar-refractivity contribution < 1.29 is 9.50 Å². The number of nitrogens with zero attached hydrogens (tertiary/aromatic N) is 4. The van der Waals surface area contributed by atoms with E-state index in [0.717, 1.165) is 31.3 Å². The Balaban J connectivity index is 1.81. The number of rotatable bonds is 3. The van der Waals surface area contributed by atoms with Crippen LogP contribution in [0.1, 0.15) is 12.8 Å². The molecule has 0 saturated carbocycles. The van der Waals surface area contributed by atoms with Gasteiger partial charge in [0, 0.05) is 35.8 Å². The van der Waals surface area contributed by atoms with E-state index in [-0.39, 0.29) is 28.1 Å². The second kappa shape index (κ2) is 7.25. The maximum Gasteiger partial charge on any atom is 0.158 e. The number of anilines is 1. The van der Waals surface area contributed by atoms with Gasteiger partial charge in [0.1, 0.15) is 17.3 Å². The predicted molar refractivity (Wildman–Crippen MR) is 104 cm³/mol. The van der Waals surface area contributed by atoms with Gasteiger partial charge in [0.05, 0.1) is 10.6 Å². The largest absolute Gasteiger partial charge is 0.506 e. The molecule has 0 aliphatic carbocycles. The Morgan fingerprint density at radius 1 is 1.26 bits per heavy atom. The molecule has 0 unspecified atom stereocenters. The second-order valence-electron chi connectivity index (χ2n) is 6.82. The molecule has 0 spiro atoms. The maximum absolute atomic E-state index is 14.4. The Morgan fingerprint density at radius 3 is 2.93 bits per heavy atom. The van der Waals surface area contributed by atoms with E-state index < -0.39 is 5.82 Å². The van der Waals surface area contributed by atoms with Crippen molar-refractivity contribution in [2.75, 3.05) is 25.5 Å². The molecule has 140 valence electrons. The van der Waals surface area contributed by atoms with Crippen LogP contribution in [0.15, 0.2) is 30.6 Å². The highest BCUT2D eigenvalue weighted by atomic mass is 35.5. The first-order valence-corrected chi connectivity index (χ1v) is 9.15. The van der Waals surface area contributed by atoms with E-state index in [1.165, 1.54) is 12.1 Å². The smallest absolute Gasteiger partial charge is 0.158 e. The topological polar surface area (TPSA) is 74.2 Å². The van der Waals surface area contributed by atoms with Crippen LogP contribution < -0.4 is 5.32 Å². The van der Waals surface area contributed by atoms with Crippen molar-refractivity contribution >= 4 is 28.2 Å². The molecular formula is C19H19ClFN5O. The molecule has 1 atom stereocenters. The molecule has 4 rings (SSSR count). The Labute approximate surface area is 161 Å². The van der Waals surface area contributed by atoms with E-state index in [1.54, 1.807) is 18.5 Å². The van der Waals surface area contributed by atoms with Crippen molar-refractivity contribution in [2.45, 2.75) is 18.9 Å². The number of pyridine rings is 1. The SMILES string of the molecule is CN1CCC[C@@H](Nc2nnc(-c3c(F)ccc(Cl)c3O)c3ccncc23)C1. The summed E-state index contributed by atoms with van der Waals surface area (Å²) in [5.74, 6) is -0.360. The van der Waals surface area contributed by atoms with E-state index in [9.17, 15) is 9.50 Å². The first kappa shape index (κ1) is 17.9. The van der Waals surface area contributed by atoms with Gasteiger partial charge in [-0.2, -0.15) is 0 Å². The van der Waals surface area contributed by atoms with Crippen molar-refractivity contribution in [1.29, 1.82) is 0 Å². The zero-order valence-corrected chi connectivity index (χ0v) is 15.5. The number of aromatic hydroxyl groups is 1. The van der Waals surface area contributed by atoms with Gasteiger partial charge in [-0.15, -0.1) is 10.2 Å². The third-order valence-electron chi connectivity index (χ3n) is 4.86. The van der Waals surface area contributed by atoms with E-state index in [2.05, 4.69) is 32.4 Å². The summed E-state index contributed by atoms with van der Waals surface area (Å²) < 4.78 is 14.4. The lowest BCUT2D eigenvalue weighted by molar-refractivity contribution is 0.261. The molecule has 1 fully saturated rings. The third kappa shape index (κ3) is 3.40.